The first-order valence-electron chi connectivity index (χ1n) is 8.50. The van der Waals surface area contributed by atoms with E-state index in [1.165, 1.54) is 12.2 Å². The maximum Gasteiger partial charge on any atom is 0.334 e. The Labute approximate surface area is 151 Å². The van der Waals surface area contributed by atoms with Gasteiger partial charge in [0, 0.05) is 23.1 Å². The Morgan fingerprint density at radius 2 is 1.96 bits per heavy atom. The Kier molecular flexibility index (Phi) is 4.48. The first-order chi connectivity index (χ1) is 12.1. The Hall–Kier alpha value is -2.47. The standard InChI is InChI=1S/C20H22O6/c1-8(2)6-13(22)25-18-10(4)15-12(21)7-9(3)14(15)17(23)16-11(5)20(24)26-19(16)18/h6-7,14,16-19,23H,5H2,1-4H3/t14-,16+,17+,18+,19+/m0/s1. The van der Waals surface area contributed by atoms with Gasteiger partial charge in [0.2, 0.25) is 0 Å². The highest BCUT2D eigenvalue weighted by Gasteiger charge is 2.55. The van der Waals surface area contributed by atoms with Gasteiger partial charge in [-0.1, -0.05) is 17.7 Å². The summed E-state index contributed by atoms with van der Waals surface area (Å²) in [4.78, 5) is 36.7. The summed E-state index contributed by atoms with van der Waals surface area (Å²) in [7, 11) is 0. The van der Waals surface area contributed by atoms with Crippen molar-refractivity contribution in [2.45, 2.75) is 46.0 Å². The van der Waals surface area contributed by atoms with E-state index in [9.17, 15) is 19.5 Å². The molecule has 26 heavy (non-hydrogen) atoms. The molecule has 0 amide bonds. The normalized spacial score (nSPS) is 33.2. The number of ether oxygens (including phenoxy) is 2. The second kappa shape index (κ2) is 6.36. The van der Waals surface area contributed by atoms with Crippen LogP contribution < -0.4 is 0 Å². The smallest absolute Gasteiger partial charge is 0.334 e. The van der Waals surface area contributed by atoms with E-state index in [0.717, 1.165) is 5.57 Å². The average Bonchev–Trinajstić information content (AvgIpc) is 2.96. The highest BCUT2D eigenvalue weighted by molar-refractivity contribution is 6.09. The minimum atomic E-state index is -1.06. The van der Waals surface area contributed by atoms with E-state index in [2.05, 4.69) is 6.58 Å². The number of fused-ring (bicyclic) bond motifs is 2. The minimum Gasteiger partial charge on any atom is -0.454 e. The summed E-state index contributed by atoms with van der Waals surface area (Å²) in [5, 5.41) is 10.9. The van der Waals surface area contributed by atoms with Gasteiger partial charge in [-0.2, -0.15) is 0 Å². The molecule has 1 N–H and O–H groups in total. The van der Waals surface area contributed by atoms with E-state index in [4.69, 9.17) is 9.47 Å². The summed E-state index contributed by atoms with van der Waals surface area (Å²) in [5.74, 6) is -2.74. The van der Waals surface area contributed by atoms with Crippen molar-refractivity contribution in [2.24, 2.45) is 11.8 Å². The Bertz CT molecular complexity index is 808. The summed E-state index contributed by atoms with van der Waals surface area (Å²) < 4.78 is 11.0. The highest BCUT2D eigenvalue weighted by atomic mass is 16.6. The van der Waals surface area contributed by atoms with Gasteiger partial charge in [-0.05, 0) is 39.3 Å². The lowest BCUT2D eigenvalue weighted by Crippen LogP contribution is -2.40. The van der Waals surface area contributed by atoms with Crippen molar-refractivity contribution < 1.29 is 29.0 Å². The molecule has 1 saturated heterocycles. The number of esters is 2. The third-order valence-corrected chi connectivity index (χ3v) is 5.20. The molecule has 3 aliphatic rings. The van der Waals surface area contributed by atoms with E-state index in [0.29, 0.717) is 16.7 Å². The monoisotopic (exact) mass is 358 g/mol. The van der Waals surface area contributed by atoms with E-state index >= 15 is 0 Å². The number of aliphatic hydroxyl groups excluding tert-OH is 1. The van der Waals surface area contributed by atoms with Crippen molar-refractivity contribution in [3.8, 4) is 0 Å². The molecular formula is C20H22O6. The first kappa shape index (κ1) is 18.3. The van der Waals surface area contributed by atoms with Gasteiger partial charge < -0.3 is 14.6 Å². The van der Waals surface area contributed by atoms with E-state index in [1.807, 2.05) is 0 Å². The van der Waals surface area contributed by atoms with Crippen molar-refractivity contribution in [3.05, 3.63) is 46.6 Å². The van der Waals surface area contributed by atoms with Crippen LogP contribution >= 0.6 is 0 Å². The molecule has 0 spiro atoms. The molecule has 0 aromatic carbocycles. The zero-order valence-corrected chi connectivity index (χ0v) is 15.2. The second-order valence-electron chi connectivity index (χ2n) is 7.32. The maximum absolute atomic E-state index is 12.5. The van der Waals surface area contributed by atoms with Gasteiger partial charge in [-0.25, -0.2) is 9.59 Å². The lowest BCUT2D eigenvalue weighted by molar-refractivity contribution is -0.156. The lowest BCUT2D eigenvalue weighted by Gasteiger charge is -2.28. The Morgan fingerprint density at radius 1 is 1.31 bits per heavy atom. The van der Waals surface area contributed by atoms with Gasteiger partial charge in [0.05, 0.1) is 12.0 Å². The largest absolute Gasteiger partial charge is 0.454 e. The fraction of sp³-hybridized carbons (Fsp3) is 0.450. The van der Waals surface area contributed by atoms with Crippen LogP contribution in [0.3, 0.4) is 0 Å². The van der Waals surface area contributed by atoms with Crippen LogP contribution in [0.4, 0.5) is 0 Å². The molecule has 1 fully saturated rings. The molecule has 0 unspecified atom stereocenters. The molecule has 6 heteroatoms. The third kappa shape index (κ3) is 2.74. The van der Waals surface area contributed by atoms with Crippen LogP contribution in [-0.2, 0) is 23.9 Å². The van der Waals surface area contributed by atoms with Crippen LogP contribution in [0.5, 0.6) is 0 Å². The third-order valence-electron chi connectivity index (χ3n) is 5.20. The summed E-state index contributed by atoms with van der Waals surface area (Å²) >= 11 is 0. The summed E-state index contributed by atoms with van der Waals surface area (Å²) in [6.45, 7) is 10.7. The van der Waals surface area contributed by atoms with Crippen LogP contribution in [0.1, 0.15) is 27.7 Å². The number of rotatable bonds is 2. The molecule has 0 aromatic rings. The van der Waals surface area contributed by atoms with Crippen molar-refractivity contribution in [3.63, 3.8) is 0 Å². The fourth-order valence-corrected chi connectivity index (χ4v) is 4.05. The molecule has 6 nitrogen and oxygen atoms in total. The van der Waals surface area contributed by atoms with Crippen molar-refractivity contribution >= 4 is 17.7 Å². The topological polar surface area (TPSA) is 89.9 Å². The quantitative estimate of drug-likeness (QED) is 0.598. The predicted octanol–water partition coefficient (Wildman–Crippen LogP) is 1.80. The molecule has 3 rings (SSSR count). The van der Waals surface area contributed by atoms with Crippen LogP contribution in [0.2, 0.25) is 0 Å². The summed E-state index contributed by atoms with van der Waals surface area (Å²) in [6.07, 6.45) is -0.110. The van der Waals surface area contributed by atoms with Gasteiger partial charge in [-0.15, -0.1) is 0 Å². The van der Waals surface area contributed by atoms with E-state index in [-0.39, 0.29) is 11.4 Å². The molecular weight excluding hydrogens is 336 g/mol. The van der Waals surface area contributed by atoms with Crippen LogP contribution in [-0.4, -0.2) is 41.1 Å². The fourth-order valence-electron chi connectivity index (χ4n) is 4.05. The average molecular weight is 358 g/mol. The van der Waals surface area contributed by atoms with Gasteiger partial charge in [0.1, 0.15) is 0 Å². The molecule has 138 valence electrons. The van der Waals surface area contributed by atoms with Crippen molar-refractivity contribution in [1.29, 1.82) is 0 Å². The molecule has 0 aromatic heterocycles. The first-order valence-corrected chi connectivity index (χ1v) is 8.50. The van der Waals surface area contributed by atoms with E-state index in [1.54, 1.807) is 27.7 Å². The molecule has 0 saturated carbocycles. The Balaban J connectivity index is 2.11. The molecule has 1 heterocycles. The number of hydrogen-bond donors (Lipinski definition) is 1. The maximum atomic E-state index is 12.5. The highest BCUT2D eigenvalue weighted by Crippen LogP contribution is 2.47. The zero-order chi connectivity index (χ0) is 19.3. The molecule has 0 bridgehead atoms. The summed E-state index contributed by atoms with van der Waals surface area (Å²) in [6, 6.07) is 0. The van der Waals surface area contributed by atoms with Gasteiger partial charge in [0.15, 0.2) is 18.0 Å². The van der Waals surface area contributed by atoms with Crippen LogP contribution in [0, 0.1) is 11.8 Å². The lowest BCUT2D eigenvalue weighted by atomic mass is 9.81. The van der Waals surface area contributed by atoms with Gasteiger partial charge in [0.25, 0.3) is 0 Å². The summed E-state index contributed by atoms with van der Waals surface area (Å²) in [5.41, 5.74) is 2.50. The number of allylic oxidation sites excluding steroid dienone is 2. The van der Waals surface area contributed by atoms with E-state index < -0.39 is 42.1 Å². The van der Waals surface area contributed by atoms with Gasteiger partial charge in [-0.3, -0.25) is 4.79 Å². The Morgan fingerprint density at radius 3 is 2.58 bits per heavy atom. The van der Waals surface area contributed by atoms with Gasteiger partial charge >= 0.3 is 11.9 Å². The molecule has 5 atom stereocenters. The SMILES string of the molecule is C=C1C(=O)O[C@@H]2[C@H]1[C@H](O)[C@H]1C(C)=CC(=O)C1=C(C)[C@H]2OC(=O)C=C(C)C. The molecule has 2 aliphatic carbocycles. The second-order valence-corrected chi connectivity index (χ2v) is 7.32. The van der Waals surface area contributed by atoms with Crippen molar-refractivity contribution in [1.82, 2.24) is 0 Å². The number of aliphatic hydroxyl groups is 1. The van der Waals surface area contributed by atoms with Crippen LogP contribution in [0.15, 0.2) is 46.6 Å². The number of ketones is 1. The number of carbonyl (C=O) groups excluding carboxylic acids is 3. The predicted molar refractivity (Wildman–Crippen MR) is 92.8 cm³/mol. The minimum absolute atomic E-state index is 0.131. The molecule has 0 radical (unpaired) electrons. The number of carbonyl (C=O) groups is 3. The van der Waals surface area contributed by atoms with Crippen LogP contribution in [0.25, 0.3) is 0 Å². The number of hydrogen-bond acceptors (Lipinski definition) is 6. The van der Waals surface area contributed by atoms with Crippen molar-refractivity contribution in [2.75, 3.05) is 0 Å². The molecule has 1 aliphatic heterocycles. The zero-order valence-electron chi connectivity index (χ0n) is 15.2.